The van der Waals surface area contributed by atoms with Gasteiger partial charge in [-0.1, -0.05) is 48.0 Å². The van der Waals surface area contributed by atoms with E-state index in [9.17, 15) is 4.79 Å². The Kier molecular flexibility index (Phi) is 5.96. The van der Waals surface area contributed by atoms with Crippen LogP contribution in [-0.4, -0.2) is 11.7 Å². The molecule has 0 saturated heterocycles. The summed E-state index contributed by atoms with van der Waals surface area (Å²) in [5.74, 6) is 0.383. The predicted molar refractivity (Wildman–Crippen MR) is 103 cm³/mol. The van der Waals surface area contributed by atoms with Crippen LogP contribution in [0.5, 0.6) is 0 Å². The second-order valence-corrected chi connectivity index (χ2v) is 7.63. The van der Waals surface area contributed by atoms with Gasteiger partial charge in [-0.05, 0) is 41.3 Å². The Labute approximate surface area is 154 Å². The molecule has 0 aliphatic rings. The second kappa shape index (κ2) is 8.38. The van der Waals surface area contributed by atoms with Crippen LogP contribution in [0, 0.1) is 0 Å². The van der Waals surface area contributed by atoms with Crippen molar-refractivity contribution in [3.63, 3.8) is 0 Å². The van der Waals surface area contributed by atoms with Crippen molar-refractivity contribution in [2.24, 2.45) is 0 Å². The van der Waals surface area contributed by atoms with Crippen molar-refractivity contribution in [3.05, 3.63) is 87.6 Å². The molecular weight excluding hydrogens is 358 g/mol. The van der Waals surface area contributed by atoms with Crippen LogP contribution in [0.3, 0.4) is 0 Å². The highest BCUT2D eigenvalue weighted by Gasteiger charge is 2.17. The molecule has 5 heteroatoms. The van der Waals surface area contributed by atoms with E-state index >= 15 is 0 Å². The summed E-state index contributed by atoms with van der Waals surface area (Å²) >= 11 is 9.03. The van der Waals surface area contributed by atoms with E-state index in [0.717, 1.165) is 15.3 Å². The first-order valence-corrected chi connectivity index (χ1v) is 9.73. The lowest BCUT2D eigenvalue weighted by atomic mass is 10.1. The molecule has 1 N–H and O–H groups in total. The maximum Gasteiger partial charge on any atom is 0.231 e. The van der Waals surface area contributed by atoms with E-state index in [1.165, 1.54) is 11.8 Å². The number of rotatable bonds is 6. The summed E-state index contributed by atoms with van der Waals surface area (Å²) in [4.78, 5) is 14.6. The number of thioether (sulfide) groups is 1. The number of hydrogen-bond acceptors (Lipinski definition) is 3. The molecule has 3 aromatic rings. The maximum absolute atomic E-state index is 12.4. The third-order valence-electron chi connectivity index (χ3n) is 3.45. The summed E-state index contributed by atoms with van der Waals surface area (Å²) in [5, 5.41) is 5.87. The SMILES string of the molecule is O=C(CSc1ccc(Cl)cc1)N[C@H](c1ccccc1)c1cccs1. The molecular formula is C19H16ClNOS2. The number of amides is 1. The maximum atomic E-state index is 12.4. The van der Waals surface area contributed by atoms with Crippen LogP contribution < -0.4 is 5.32 Å². The van der Waals surface area contributed by atoms with Crippen LogP contribution in [0.4, 0.5) is 0 Å². The molecule has 0 bridgehead atoms. The molecule has 1 aromatic heterocycles. The van der Waals surface area contributed by atoms with Gasteiger partial charge < -0.3 is 5.32 Å². The van der Waals surface area contributed by atoms with Gasteiger partial charge in [0.2, 0.25) is 5.91 Å². The Balaban J connectivity index is 1.66. The summed E-state index contributed by atoms with van der Waals surface area (Å²) < 4.78 is 0. The highest BCUT2D eigenvalue weighted by molar-refractivity contribution is 8.00. The highest BCUT2D eigenvalue weighted by atomic mass is 35.5. The Morgan fingerprint density at radius 3 is 2.46 bits per heavy atom. The average molecular weight is 374 g/mol. The van der Waals surface area contributed by atoms with Gasteiger partial charge in [-0.15, -0.1) is 23.1 Å². The number of carbonyl (C=O) groups is 1. The Morgan fingerprint density at radius 1 is 1.04 bits per heavy atom. The van der Waals surface area contributed by atoms with E-state index in [1.807, 2.05) is 66.0 Å². The molecule has 122 valence electrons. The fraction of sp³-hybridized carbons (Fsp3) is 0.105. The number of hydrogen-bond donors (Lipinski definition) is 1. The van der Waals surface area contributed by atoms with E-state index in [1.54, 1.807) is 11.3 Å². The van der Waals surface area contributed by atoms with E-state index in [2.05, 4.69) is 11.4 Å². The molecule has 1 atom stereocenters. The quantitative estimate of drug-likeness (QED) is 0.586. The third-order valence-corrected chi connectivity index (χ3v) is 5.65. The van der Waals surface area contributed by atoms with E-state index in [-0.39, 0.29) is 11.9 Å². The van der Waals surface area contributed by atoms with Crippen molar-refractivity contribution in [2.75, 3.05) is 5.75 Å². The number of nitrogens with one attached hydrogen (secondary N) is 1. The lowest BCUT2D eigenvalue weighted by Crippen LogP contribution is -2.30. The smallest absolute Gasteiger partial charge is 0.231 e. The summed E-state index contributed by atoms with van der Waals surface area (Å²) in [5.41, 5.74) is 1.09. The molecule has 0 radical (unpaired) electrons. The first kappa shape index (κ1) is 17.1. The van der Waals surface area contributed by atoms with Gasteiger partial charge in [0.15, 0.2) is 0 Å². The summed E-state index contributed by atoms with van der Waals surface area (Å²) in [6, 6.07) is 21.5. The topological polar surface area (TPSA) is 29.1 Å². The van der Waals surface area contributed by atoms with Gasteiger partial charge in [0, 0.05) is 14.8 Å². The zero-order valence-electron chi connectivity index (χ0n) is 12.8. The molecule has 2 nitrogen and oxygen atoms in total. The van der Waals surface area contributed by atoms with Gasteiger partial charge in [-0.25, -0.2) is 0 Å². The fourth-order valence-corrected chi connectivity index (χ4v) is 3.94. The van der Waals surface area contributed by atoms with Gasteiger partial charge in [-0.3, -0.25) is 4.79 Å². The van der Waals surface area contributed by atoms with Gasteiger partial charge in [-0.2, -0.15) is 0 Å². The predicted octanol–water partition coefficient (Wildman–Crippen LogP) is 5.40. The second-order valence-electron chi connectivity index (χ2n) is 5.17. The van der Waals surface area contributed by atoms with Crippen LogP contribution in [0.15, 0.2) is 77.0 Å². The minimum absolute atomic E-state index is 0.0113. The van der Waals surface area contributed by atoms with E-state index in [0.29, 0.717) is 10.8 Å². The largest absolute Gasteiger partial charge is 0.344 e. The van der Waals surface area contributed by atoms with Crippen molar-refractivity contribution in [2.45, 2.75) is 10.9 Å². The van der Waals surface area contributed by atoms with Crippen molar-refractivity contribution >= 4 is 40.6 Å². The van der Waals surface area contributed by atoms with Crippen LogP contribution in [0.25, 0.3) is 0 Å². The van der Waals surface area contributed by atoms with Gasteiger partial charge >= 0.3 is 0 Å². The highest BCUT2D eigenvalue weighted by Crippen LogP contribution is 2.26. The number of benzene rings is 2. The third kappa shape index (κ3) is 4.63. The molecule has 24 heavy (non-hydrogen) atoms. The van der Waals surface area contributed by atoms with Crippen LogP contribution in [0.2, 0.25) is 5.02 Å². The Morgan fingerprint density at radius 2 is 1.79 bits per heavy atom. The molecule has 0 fully saturated rings. The first-order valence-electron chi connectivity index (χ1n) is 7.48. The van der Waals surface area contributed by atoms with Crippen molar-refractivity contribution < 1.29 is 4.79 Å². The molecule has 0 aliphatic heterocycles. The summed E-state index contributed by atoms with van der Waals surface area (Å²) in [6.07, 6.45) is 0. The number of carbonyl (C=O) groups excluding carboxylic acids is 1. The average Bonchev–Trinajstić information content (AvgIpc) is 3.14. The molecule has 1 heterocycles. The van der Waals surface area contributed by atoms with Crippen LogP contribution in [0.1, 0.15) is 16.5 Å². The van der Waals surface area contributed by atoms with Crippen molar-refractivity contribution in [3.8, 4) is 0 Å². The zero-order chi connectivity index (χ0) is 16.8. The zero-order valence-corrected chi connectivity index (χ0v) is 15.2. The van der Waals surface area contributed by atoms with Gasteiger partial charge in [0.1, 0.15) is 0 Å². The first-order chi connectivity index (χ1) is 11.7. The molecule has 3 rings (SSSR count). The van der Waals surface area contributed by atoms with Crippen LogP contribution in [-0.2, 0) is 4.79 Å². The molecule has 0 unspecified atom stereocenters. The Bertz CT molecular complexity index is 773. The lowest BCUT2D eigenvalue weighted by molar-refractivity contribution is -0.119. The summed E-state index contributed by atoms with van der Waals surface area (Å²) in [6.45, 7) is 0. The molecule has 1 amide bonds. The Hall–Kier alpha value is -1.75. The lowest BCUT2D eigenvalue weighted by Gasteiger charge is -2.18. The summed E-state index contributed by atoms with van der Waals surface area (Å²) in [7, 11) is 0. The standard InChI is InChI=1S/C19H16ClNOS2/c20-15-8-10-16(11-9-15)24-13-18(22)21-19(17-7-4-12-23-17)14-5-2-1-3-6-14/h1-12,19H,13H2,(H,21,22)/t19-/m1/s1. The minimum Gasteiger partial charge on any atom is -0.344 e. The van der Waals surface area contributed by atoms with E-state index in [4.69, 9.17) is 11.6 Å². The number of halogens is 1. The van der Waals surface area contributed by atoms with Gasteiger partial charge in [0.25, 0.3) is 0 Å². The van der Waals surface area contributed by atoms with Crippen molar-refractivity contribution in [1.82, 2.24) is 5.32 Å². The van der Waals surface area contributed by atoms with E-state index < -0.39 is 0 Å². The van der Waals surface area contributed by atoms with Crippen LogP contribution >= 0.6 is 34.7 Å². The molecule has 2 aromatic carbocycles. The van der Waals surface area contributed by atoms with Crippen molar-refractivity contribution in [1.29, 1.82) is 0 Å². The minimum atomic E-state index is -0.107. The van der Waals surface area contributed by atoms with Gasteiger partial charge in [0.05, 0.1) is 11.8 Å². The molecule has 0 spiro atoms. The molecule has 0 aliphatic carbocycles. The normalized spacial score (nSPS) is 11.9. The fourth-order valence-electron chi connectivity index (χ4n) is 2.30. The monoisotopic (exact) mass is 373 g/mol. The molecule has 0 saturated carbocycles. The number of thiophene rings is 1.